The van der Waals surface area contributed by atoms with Gasteiger partial charge in [-0.15, -0.1) is 0 Å². The van der Waals surface area contributed by atoms with Crippen LogP contribution in [0.3, 0.4) is 0 Å². The van der Waals surface area contributed by atoms with Gasteiger partial charge < -0.3 is 29.7 Å². The molecule has 58 heavy (non-hydrogen) atoms. The largest absolute Gasteiger partial charge is 0.472 e. The molecule has 0 aromatic heterocycles. The molecule has 4 N–H and O–H groups in total. The molecule has 1 unspecified atom stereocenters. The number of hydrogen-bond donors (Lipinski definition) is 4. The number of esters is 2. The van der Waals surface area contributed by atoms with Crippen molar-refractivity contribution in [1.29, 1.82) is 0 Å². The first-order valence-corrected chi connectivity index (χ1v) is 23.8. The molecule has 0 fully saturated rings. The summed E-state index contributed by atoms with van der Waals surface area (Å²) in [5.74, 6) is -1.01. The van der Waals surface area contributed by atoms with Gasteiger partial charge in [0.15, 0.2) is 6.10 Å². The predicted octanol–water partition coefficient (Wildman–Crippen LogP) is 10.9. The molecule has 0 heterocycles. The van der Waals surface area contributed by atoms with Gasteiger partial charge in [0.05, 0.1) is 19.8 Å². The van der Waals surface area contributed by atoms with Crippen LogP contribution in [-0.2, 0) is 32.7 Å². The van der Waals surface area contributed by atoms with Crippen molar-refractivity contribution >= 4 is 19.8 Å². The fourth-order valence-electron chi connectivity index (χ4n) is 5.72. The number of aliphatic hydroxyl groups excluding tert-OH is 3. The first-order valence-electron chi connectivity index (χ1n) is 22.4. The smallest absolute Gasteiger partial charge is 0.462 e. The molecule has 0 aliphatic heterocycles. The van der Waals surface area contributed by atoms with Gasteiger partial charge in [-0.2, -0.15) is 0 Å². The van der Waals surface area contributed by atoms with E-state index >= 15 is 0 Å². The fraction of sp³-hybridized carbons (Fsp3) is 0.739. The number of hydrogen-bond acceptors (Lipinski definition) is 10. The number of rotatable bonds is 42. The molecule has 3 atom stereocenters. The number of phosphoric acid groups is 1. The number of aliphatic hydroxyl groups is 3. The van der Waals surface area contributed by atoms with Gasteiger partial charge in [-0.3, -0.25) is 18.6 Å². The van der Waals surface area contributed by atoms with Crippen molar-refractivity contribution < 1.29 is 52.9 Å². The van der Waals surface area contributed by atoms with Crippen molar-refractivity contribution in [3.8, 4) is 0 Å². The summed E-state index contributed by atoms with van der Waals surface area (Å²) in [6, 6.07) is 0. The first-order chi connectivity index (χ1) is 28.2. The van der Waals surface area contributed by atoms with Gasteiger partial charge in [0.2, 0.25) is 0 Å². The van der Waals surface area contributed by atoms with Crippen molar-refractivity contribution in [2.24, 2.45) is 0 Å². The Bertz CT molecular complexity index is 1150. The van der Waals surface area contributed by atoms with E-state index < -0.39 is 51.8 Å². The van der Waals surface area contributed by atoms with Crippen LogP contribution in [0, 0.1) is 0 Å². The van der Waals surface area contributed by atoms with E-state index in [1.165, 1.54) is 64.2 Å². The molecule has 0 saturated heterocycles. The Hall–Kier alpha value is -2.37. The molecular weight excluding hydrogens is 759 g/mol. The Balaban J connectivity index is 4.38. The SMILES string of the molecule is CCCCCCCC/C=C\CCCCCCCCCC(=O)OC[C@H](COP(=O)(O)OC[C@@H](O)CO)OC(=O)CCC/C=C\C/C=C\C/C=C\C/C=C\CCCCCO. The molecule has 0 aliphatic rings. The number of unbranched alkanes of at least 4 members (excludes halogenated alkanes) is 17. The van der Waals surface area contributed by atoms with Crippen molar-refractivity contribution in [2.45, 2.75) is 186 Å². The summed E-state index contributed by atoms with van der Waals surface area (Å²) in [5.41, 5.74) is 0. The molecule has 11 nitrogen and oxygen atoms in total. The van der Waals surface area contributed by atoms with Crippen LogP contribution < -0.4 is 0 Å². The van der Waals surface area contributed by atoms with E-state index in [0.717, 1.165) is 70.6 Å². The second-order valence-electron chi connectivity index (χ2n) is 14.8. The quantitative estimate of drug-likeness (QED) is 0.0200. The van der Waals surface area contributed by atoms with E-state index in [2.05, 4.69) is 60.1 Å². The average molecular weight is 841 g/mol. The Morgan fingerprint density at radius 3 is 1.50 bits per heavy atom. The third kappa shape index (κ3) is 41.8. The number of phosphoric ester groups is 1. The van der Waals surface area contributed by atoms with Crippen molar-refractivity contribution in [3.63, 3.8) is 0 Å². The first kappa shape index (κ1) is 55.6. The number of carbonyl (C=O) groups excluding carboxylic acids is 2. The third-order valence-corrected chi connectivity index (χ3v) is 10.1. The average Bonchev–Trinajstić information content (AvgIpc) is 3.21. The molecule has 0 spiro atoms. The third-order valence-electron chi connectivity index (χ3n) is 9.20. The molecule has 12 heteroatoms. The Kier molecular flexibility index (Phi) is 41.0. The maximum atomic E-state index is 12.6. The van der Waals surface area contributed by atoms with Crippen LogP contribution >= 0.6 is 7.82 Å². The Labute approximate surface area is 351 Å². The summed E-state index contributed by atoms with van der Waals surface area (Å²) in [5, 5.41) is 27.1. The van der Waals surface area contributed by atoms with Crippen LogP contribution in [0.25, 0.3) is 0 Å². The summed E-state index contributed by atoms with van der Waals surface area (Å²) in [6.45, 7) is 0.307. The van der Waals surface area contributed by atoms with Gasteiger partial charge in [-0.05, 0) is 83.5 Å². The van der Waals surface area contributed by atoms with Crippen molar-refractivity contribution in [1.82, 2.24) is 0 Å². The minimum absolute atomic E-state index is 0.0957. The Morgan fingerprint density at radius 1 is 0.534 bits per heavy atom. The number of allylic oxidation sites excluding steroid dienone is 10. The summed E-state index contributed by atoms with van der Waals surface area (Å²) in [4.78, 5) is 35.0. The molecule has 0 aromatic carbocycles. The molecule has 336 valence electrons. The number of ether oxygens (including phenoxy) is 2. The lowest BCUT2D eigenvalue weighted by Crippen LogP contribution is -2.29. The lowest BCUT2D eigenvalue weighted by molar-refractivity contribution is -0.161. The van der Waals surface area contributed by atoms with Crippen LogP contribution in [0.15, 0.2) is 60.8 Å². The normalized spacial score (nSPS) is 14.4. The van der Waals surface area contributed by atoms with E-state index in [9.17, 15) is 24.2 Å². The number of carbonyl (C=O) groups is 2. The van der Waals surface area contributed by atoms with Crippen LogP contribution in [-0.4, -0.2) is 77.4 Å². The lowest BCUT2D eigenvalue weighted by atomic mass is 10.1. The highest BCUT2D eigenvalue weighted by Gasteiger charge is 2.27. The highest BCUT2D eigenvalue weighted by molar-refractivity contribution is 7.47. The monoisotopic (exact) mass is 841 g/mol. The van der Waals surface area contributed by atoms with Crippen LogP contribution in [0.2, 0.25) is 0 Å². The lowest BCUT2D eigenvalue weighted by Gasteiger charge is -2.20. The van der Waals surface area contributed by atoms with Crippen molar-refractivity contribution in [2.75, 3.05) is 33.0 Å². The second-order valence-corrected chi connectivity index (χ2v) is 16.2. The van der Waals surface area contributed by atoms with Crippen molar-refractivity contribution in [3.05, 3.63) is 60.8 Å². The van der Waals surface area contributed by atoms with Crippen LogP contribution in [0.4, 0.5) is 0 Å². The molecule has 0 saturated carbocycles. The fourth-order valence-corrected chi connectivity index (χ4v) is 6.51. The van der Waals surface area contributed by atoms with Gasteiger partial charge in [0.25, 0.3) is 0 Å². The van der Waals surface area contributed by atoms with E-state index in [0.29, 0.717) is 19.3 Å². The molecule has 0 bridgehead atoms. The maximum absolute atomic E-state index is 12.6. The molecule has 0 aromatic rings. The van der Waals surface area contributed by atoms with Gasteiger partial charge in [-0.1, -0.05) is 138 Å². The zero-order valence-electron chi connectivity index (χ0n) is 35.9. The summed E-state index contributed by atoms with van der Waals surface area (Å²) in [6.07, 6.45) is 44.9. The minimum Gasteiger partial charge on any atom is -0.462 e. The zero-order valence-corrected chi connectivity index (χ0v) is 36.8. The summed E-state index contributed by atoms with van der Waals surface area (Å²) < 4.78 is 32.7. The van der Waals surface area contributed by atoms with E-state index in [1.807, 2.05) is 12.2 Å². The molecule has 0 amide bonds. The zero-order chi connectivity index (χ0) is 42.6. The van der Waals surface area contributed by atoms with Gasteiger partial charge >= 0.3 is 19.8 Å². The molecule has 0 aliphatic carbocycles. The summed E-state index contributed by atoms with van der Waals surface area (Å²) >= 11 is 0. The topological polar surface area (TPSA) is 169 Å². The second kappa shape index (κ2) is 42.7. The highest BCUT2D eigenvalue weighted by atomic mass is 31.2. The molecular formula is C46H81O11P. The Morgan fingerprint density at radius 2 is 0.966 bits per heavy atom. The standard InChI is InChI=1S/C46H81O11P/c1-2-3-4-5-6-7-8-9-10-12-15-18-21-24-27-30-33-36-45(50)54-41-44(42-56-58(52,53)55-40-43(49)39-48)57-46(51)37-34-31-28-25-22-19-16-13-11-14-17-20-23-26-29-32-35-38-47/h9-11,14,16,19-20,23,25,28,43-44,47-49H,2-8,12-13,15,17-18,21-22,24,26-27,29-42H2,1H3,(H,52,53)/b10-9-,14-11-,19-16-,23-20-,28-25-/t43-,44+/m0/s1. The maximum Gasteiger partial charge on any atom is 0.472 e. The molecule has 0 rings (SSSR count). The predicted molar refractivity (Wildman–Crippen MR) is 234 cm³/mol. The summed E-state index contributed by atoms with van der Waals surface area (Å²) in [7, 11) is -4.64. The highest BCUT2D eigenvalue weighted by Crippen LogP contribution is 2.43. The van der Waals surface area contributed by atoms with E-state index in [-0.39, 0.29) is 26.1 Å². The van der Waals surface area contributed by atoms with Gasteiger partial charge in [0.1, 0.15) is 12.7 Å². The van der Waals surface area contributed by atoms with E-state index in [1.54, 1.807) is 0 Å². The molecule has 0 radical (unpaired) electrons. The van der Waals surface area contributed by atoms with E-state index in [4.69, 9.17) is 24.2 Å². The van der Waals surface area contributed by atoms with Gasteiger partial charge in [-0.25, -0.2) is 4.57 Å². The van der Waals surface area contributed by atoms with Gasteiger partial charge in [0, 0.05) is 19.4 Å². The van der Waals surface area contributed by atoms with Crippen LogP contribution in [0.5, 0.6) is 0 Å². The van der Waals surface area contributed by atoms with Crippen LogP contribution in [0.1, 0.15) is 174 Å². The minimum atomic E-state index is -4.64.